The highest BCUT2D eigenvalue weighted by Gasteiger charge is 2.58. The number of rotatable bonds is 3. The topological polar surface area (TPSA) is 46.2 Å². The molecule has 0 unspecified atom stereocenters. The minimum Gasteiger partial charge on any atom is -0.393 e. The summed E-state index contributed by atoms with van der Waals surface area (Å²) in [6, 6.07) is 4.54. The van der Waals surface area contributed by atoms with Crippen molar-refractivity contribution in [3.05, 3.63) is 35.6 Å². The van der Waals surface area contributed by atoms with Crippen LogP contribution in [0.3, 0.4) is 0 Å². The molecular weight excluding hydrogens is 281 g/mol. The van der Waals surface area contributed by atoms with Gasteiger partial charge in [0.25, 0.3) is 12.3 Å². The lowest BCUT2D eigenvalue weighted by Crippen LogP contribution is -2.53. The van der Waals surface area contributed by atoms with Gasteiger partial charge in [-0.3, -0.25) is 0 Å². The predicted molar refractivity (Wildman–Crippen MR) is 61.9 cm³/mol. The van der Waals surface area contributed by atoms with Gasteiger partial charge in [-0.25, -0.2) is 22.0 Å². The highest BCUT2D eigenvalue weighted by Crippen LogP contribution is 2.48. The lowest BCUT2D eigenvalue weighted by molar-refractivity contribution is -0.0293. The molecule has 0 amide bonds. The monoisotopic (exact) mass is 295 g/mol. The third-order valence-corrected chi connectivity index (χ3v) is 3.81. The molecule has 112 valence electrons. The first-order chi connectivity index (χ1) is 9.18. The zero-order valence-electron chi connectivity index (χ0n) is 10.4. The lowest BCUT2D eigenvalue weighted by Gasteiger charge is -2.36. The van der Waals surface area contributed by atoms with E-state index in [1.165, 1.54) is 12.1 Å². The van der Waals surface area contributed by atoms with Gasteiger partial charge in [0.2, 0.25) is 0 Å². The molecule has 0 aliphatic heterocycles. The maximum Gasteiger partial charge on any atom is 0.260 e. The van der Waals surface area contributed by atoms with Crippen molar-refractivity contribution in [2.24, 2.45) is 11.7 Å². The normalized spacial score (nSPS) is 28.6. The van der Waals surface area contributed by atoms with Gasteiger partial charge < -0.3 is 10.8 Å². The molecular formula is C13H14F5NO. The van der Waals surface area contributed by atoms with Gasteiger partial charge in [0.05, 0.1) is 6.10 Å². The van der Waals surface area contributed by atoms with Gasteiger partial charge in [-0.2, -0.15) is 0 Å². The van der Waals surface area contributed by atoms with Gasteiger partial charge >= 0.3 is 0 Å². The predicted octanol–water partition coefficient (Wildman–Crippen LogP) is 2.65. The van der Waals surface area contributed by atoms with Crippen molar-refractivity contribution in [1.29, 1.82) is 0 Å². The maximum absolute atomic E-state index is 13.7. The van der Waals surface area contributed by atoms with E-state index in [2.05, 4.69) is 0 Å². The summed E-state index contributed by atoms with van der Waals surface area (Å²) in [5, 5.41) is 9.65. The van der Waals surface area contributed by atoms with Crippen LogP contribution in [0.1, 0.15) is 18.4 Å². The van der Waals surface area contributed by atoms with Crippen molar-refractivity contribution in [3.63, 3.8) is 0 Å². The molecule has 1 aliphatic rings. The number of nitrogens with two attached hydrogens (primary N) is 1. The fraction of sp³-hybridized carbons (Fsp3) is 0.538. The van der Waals surface area contributed by atoms with E-state index in [0.717, 1.165) is 12.1 Å². The Morgan fingerprint density at radius 1 is 1.25 bits per heavy atom. The van der Waals surface area contributed by atoms with Crippen LogP contribution in [0.15, 0.2) is 24.3 Å². The molecule has 1 saturated carbocycles. The SMILES string of the molecule is N[C@@](c1ccccc1F)(C(F)F)[C@H]1CC(F)(F)C[C@H]1O. The summed E-state index contributed by atoms with van der Waals surface area (Å²) in [5.41, 5.74) is 2.39. The Morgan fingerprint density at radius 3 is 2.30 bits per heavy atom. The number of aliphatic hydroxyl groups excluding tert-OH is 1. The van der Waals surface area contributed by atoms with Crippen molar-refractivity contribution >= 4 is 0 Å². The van der Waals surface area contributed by atoms with E-state index in [4.69, 9.17) is 5.73 Å². The first kappa shape index (κ1) is 15.2. The third-order valence-electron chi connectivity index (χ3n) is 3.81. The first-order valence-corrected chi connectivity index (χ1v) is 6.06. The lowest BCUT2D eigenvalue weighted by atomic mass is 9.76. The van der Waals surface area contributed by atoms with Crippen LogP contribution in [0.5, 0.6) is 0 Å². The van der Waals surface area contributed by atoms with Crippen LogP contribution in [0.4, 0.5) is 22.0 Å². The van der Waals surface area contributed by atoms with Crippen molar-refractivity contribution in [2.75, 3.05) is 0 Å². The number of hydrogen-bond acceptors (Lipinski definition) is 2. The Kier molecular flexibility index (Phi) is 3.77. The minimum absolute atomic E-state index is 0.559. The molecule has 0 spiro atoms. The molecule has 7 heteroatoms. The smallest absolute Gasteiger partial charge is 0.260 e. The molecule has 0 heterocycles. The van der Waals surface area contributed by atoms with E-state index in [0.29, 0.717) is 0 Å². The standard InChI is InChI=1S/C13H14F5NO/c14-9-4-2-1-3-7(9)13(19,11(15)16)8-5-12(17,18)6-10(8)20/h1-4,8,10-11,20H,5-6,19H2/t8-,10+,13+/m0/s1. The van der Waals surface area contributed by atoms with E-state index in [-0.39, 0.29) is 0 Å². The quantitative estimate of drug-likeness (QED) is 0.842. The minimum atomic E-state index is -3.28. The van der Waals surface area contributed by atoms with E-state index in [1.807, 2.05) is 0 Å². The molecule has 20 heavy (non-hydrogen) atoms. The second-order valence-electron chi connectivity index (χ2n) is 5.15. The summed E-state index contributed by atoms with van der Waals surface area (Å²) in [5.74, 6) is -5.90. The van der Waals surface area contributed by atoms with Gasteiger partial charge in [-0.15, -0.1) is 0 Å². The molecule has 0 aromatic heterocycles. The summed E-state index contributed by atoms with van der Waals surface area (Å²) >= 11 is 0. The summed E-state index contributed by atoms with van der Waals surface area (Å²) in [6.45, 7) is 0. The molecule has 1 aromatic carbocycles. The van der Waals surface area contributed by atoms with E-state index >= 15 is 0 Å². The zero-order valence-corrected chi connectivity index (χ0v) is 10.4. The van der Waals surface area contributed by atoms with Crippen LogP contribution in [0.25, 0.3) is 0 Å². The third kappa shape index (κ3) is 2.40. The Balaban J connectivity index is 2.49. The molecule has 2 rings (SSSR count). The van der Waals surface area contributed by atoms with Crippen LogP contribution >= 0.6 is 0 Å². The van der Waals surface area contributed by atoms with Gasteiger partial charge in [-0.1, -0.05) is 18.2 Å². The average molecular weight is 295 g/mol. The van der Waals surface area contributed by atoms with Crippen molar-refractivity contribution < 1.29 is 27.1 Å². The molecule has 3 atom stereocenters. The van der Waals surface area contributed by atoms with Crippen molar-refractivity contribution in [2.45, 2.75) is 36.8 Å². The van der Waals surface area contributed by atoms with Gasteiger partial charge in [0.1, 0.15) is 11.4 Å². The molecule has 0 radical (unpaired) electrons. The molecule has 0 bridgehead atoms. The highest BCUT2D eigenvalue weighted by atomic mass is 19.3. The van der Waals surface area contributed by atoms with E-state index in [9.17, 15) is 27.1 Å². The van der Waals surface area contributed by atoms with Crippen molar-refractivity contribution in [1.82, 2.24) is 0 Å². The van der Waals surface area contributed by atoms with Crippen LogP contribution in [-0.2, 0) is 5.54 Å². The Morgan fingerprint density at radius 2 is 1.85 bits per heavy atom. The number of alkyl halides is 4. The molecule has 1 aliphatic carbocycles. The number of benzene rings is 1. The number of hydrogen-bond donors (Lipinski definition) is 2. The van der Waals surface area contributed by atoms with Crippen molar-refractivity contribution in [3.8, 4) is 0 Å². The second kappa shape index (κ2) is 4.96. The molecule has 3 N–H and O–H groups in total. The van der Waals surface area contributed by atoms with E-state index in [1.54, 1.807) is 0 Å². The average Bonchev–Trinajstić information content (AvgIpc) is 2.62. The van der Waals surface area contributed by atoms with E-state index < -0.39 is 54.1 Å². The fourth-order valence-electron chi connectivity index (χ4n) is 2.77. The molecule has 0 saturated heterocycles. The largest absolute Gasteiger partial charge is 0.393 e. The van der Waals surface area contributed by atoms with Gasteiger partial charge in [0.15, 0.2) is 0 Å². The van der Waals surface area contributed by atoms with Crippen LogP contribution in [-0.4, -0.2) is 23.6 Å². The Bertz CT molecular complexity index is 495. The summed E-state index contributed by atoms with van der Waals surface area (Å²) in [4.78, 5) is 0. The Hall–Kier alpha value is -1.21. The van der Waals surface area contributed by atoms with Crippen LogP contribution in [0.2, 0.25) is 0 Å². The first-order valence-electron chi connectivity index (χ1n) is 6.06. The fourth-order valence-corrected chi connectivity index (χ4v) is 2.77. The Labute approximate surface area is 112 Å². The summed E-state index contributed by atoms with van der Waals surface area (Å²) in [7, 11) is 0. The number of aliphatic hydroxyl groups is 1. The second-order valence-corrected chi connectivity index (χ2v) is 5.15. The van der Waals surface area contributed by atoms with Gasteiger partial charge in [0, 0.05) is 24.3 Å². The summed E-state index contributed by atoms with van der Waals surface area (Å²) in [6.07, 6.45) is -6.93. The number of halogens is 5. The molecule has 1 fully saturated rings. The van der Waals surface area contributed by atoms with Crippen LogP contribution < -0.4 is 5.73 Å². The maximum atomic E-state index is 13.7. The molecule has 1 aromatic rings. The summed E-state index contributed by atoms with van der Waals surface area (Å²) < 4.78 is 67.1. The highest BCUT2D eigenvalue weighted by molar-refractivity contribution is 5.29. The van der Waals surface area contributed by atoms with Crippen LogP contribution in [0, 0.1) is 11.7 Å². The van der Waals surface area contributed by atoms with Gasteiger partial charge in [-0.05, 0) is 6.07 Å². The molecule has 2 nitrogen and oxygen atoms in total. The zero-order chi connectivity index (χ0) is 15.1.